The van der Waals surface area contributed by atoms with Crippen LogP contribution in [-0.4, -0.2) is 23.9 Å². The maximum absolute atomic E-state index is 11.7. The highest BCUT2D eigenvalue weighted by atomic mass is 32.2. The zero-order chi connectivity index (χ0) is 16.5. The normalized spacial score (nSPS) is 12.1. The van der Waals surface area contributed by atoms with Crippen LogP contribution >= 0.6 is 0 Å². The Morgan fingerprint density at radius 2 is 1.45 bits per heavy atom. The van der Waals surface area contributed by atoms with Gasteiger partial charge in [0, 0.05) is 11.6 Å². The zero-order valence-electron chi connectivity index (χ0n) is 11.6. The van der Waals surface area contributed by atoms with Crippen LogP contribution in [0.2, 0.25) is 0 Å². The van der Waals surface area contributed by atoms with Crippen LogP contribution in [-0.2, 0) is 20.0 Å². The molecule has 22 heavy (non-hydrogen) atoms. The lowest BCUT2D eigenvalue weighted by Crippen LogP contribution is -2.14. The van der Waals surface area contributed by atoms with E-state index in [2.05, 4.69) is 0 Å². The van der Waals surface area contributed by atoms with Gasteiger partial charge in [-0.3, -0.25) is 0 Å². The summed E-state index contributed by atoms with van der Waals surface area (Å²) < 4.78 is 50.9. The monoisotopic (exact) mass is 342 g/mol. The number of sulfonamides is 2. The van der Waals surface area contributed by atoms with Crippen LogP contribution in [0.1, 0.15) is 0 Å². The van der Waals surface area contributed by atoms with E-state index in [9.17, 15) is 16.8 Å². The molecule has 0 amide bonds. The molecule has 9 heteroatoms. The quantitative estimate of drug-likeness (QED) is 0.843. The fraction of sp³-hybridized carbons (Fsp3) is 0.0769. The van der Waals surface area contributed by atoms with Gasteiger partial charge in [0.05, 0.1) is 16.9 Å². The lowest BCUT2D eigenvalue weighted by molar-refractivity contribution is 0.413. The van der Waals surface area contributed by atoms with Crippen molar-refractivity contribution in [1.29, 1.82) is 0 Å². The molecule has 0 heterocycles. The van der Waals surface area contributed by atoms with Crippen molar-refractivity contribution >= 4 is 20.0 Å². The Morgan fingerprint density at radius 1 is 0.864 bits per heavy atom. The Hall–Kier alpha value is -1.94. The molecule has 0 saturated carbocycles. The third kappa shape index (κ3) is 3.45. The van der Waals surface area contributed by atoms with Crippen LogP contribution in [0.25, 0.3) is 11.1 Å². The number of nitrogens with two attached hydrogens (primary N) is 2. The van der Waals surface area contributed by atoms with Crippen molar-refractivity contribution in [2.24, 2.45) is 10.3 Å². The molecule has 0 bridgehead atoms. The molecule has 0 fully saturated rings. The second-order valence-electron chi connectivity index (χ2n) is 4.48. The molecule has 0 radical (unpaired) electrons. The number of hydrogen-bond acceptors (Lipinski definition) is 5. The summed E-state index contributed by atoms with van der Waals surface area (Å²) in [5.74, 6) is 0.342. The molecule has 0 unspecified atom stereocenters. The van der Waals surface area contributed by atoms with E-state index in [1.165, 1.54) is 43.5 Å². The topological polar surface area (TPSA) is 130 Å². The molecule has 0 aliphatic heterocycles. The number of rotatable bonds is 4. The maximum atomic E-state index is 11.7. The van der Waals surface area contributed by atoms with Gasteiger partial charge >= 0.3 is 0 Å². The van der Waals surface area contributed by atoms with Crippen LogP contribution in [0.15, 0.2) is 52.3 Å². The highest BCUT2D eigenvalue weighted by molar-refractivity contribution is 7.89. The smallest absolute Gasteiger partial charge is 0.238 e. The SMILES string of the molecule is COc1ccc(-c2ccc(S(N)(=O)=O)cc2)c(S(N)(=O)=O)c1. The zero-order valence-corrected chi connectivity index (χ0v) is 13.2. The first kappa shape index (κ1) is 16.4. The molecular weight excluding hydrogens is 328 g/mol. The minimum absolute atomic E-state index is 0.0677. The van der Waals surface area contributed by atoms with Crippen molar-refractivity contribution < 1.29 is 21.6 Å². The predicted octanol–water partition coefficient (Wildman–Crippen LogP) is 0.657. The van der Waals surface area contributed by atoms with Crippen molar-refractivity contribution in [2.75, 3.05) is 7.11 Å². The number of benzene rings is 2. The van der Waals surface area contributed by atoms with Gasteiger partial charge in [-0.25, -0.2) is 27.1 Å². The molecule has 4 N–H and O–H groups in total. The summed E-state index contributed by atoms with van der Waals surface area (Å²) in [5, 5.41) is 10.2. The molecule has 2 aromatic carbocycles. The Labute approximate surface area is 128 Å². The molecule has 2 aromatic rings. The summed E-state index contributed by atoms with van der Waals surface area (Å²) in [5.41, 5.74) is 0.823. The number of hydrogen-bond donors (Lipinski definition) is 2. The summed E-state index contributed by atoms with van der Waals surface area (Å²) in [6.07, 6.45) is 0. The van der Waals surface area contributed by atoms with E-state index >= 15 is 0 Å². The second kappa shape index (κ2) is 5.69. The highest BCUT2D eigenvalue weighted by Gasteiger charge is 2.17. The van der Waals surface area contributed by atoms with E-state index < -0.39 is 20.0 Å². The van der Waals surface area contributed by atoms with E-state index in [-0.39, 0.29) is 9.79 Å². The molecule has 0 aliphatic rings. The van der Waals surface area contributed by atoms with Crippen molar-refractivity contribution in [1.82, 2.24) is 0 Å². The Kier molecular flexibility index (Phi) is 4.25. The summed E-state index contributed by atoms with van der Waals surface area (Å²) in [6.45, 7) is 0. The number of methoxy groups -OCH3 is 1. The minimum Gasteiger partial charge on any atom is -0.497 e. The largest absolute Gasteiger partial charge is 0.497 e. The van der Waals surface area contributed by atoms with Gasteiger partial charge < -0.3 is 4.74 Å². The van der Waals surface area contributed by atoms with E-state index in [0.29, 0.717) is 16.9 Å². The van der Waals surface area contributed by atoms with E-state index in [1.54, 1.807) is 6.07 Å². The van der Waals surface area contributed by atoms with Gasteiger partial charge in [0.25, 0.3) is 0 Å². The third-order valence-corrected chi connectivity index (χ3v) is 4.87. The third-order valence-electron chi connectivity index (χ3n) is 2.99. The molecule has 118 valence electrons. The molecule has 0 aliphatic carbocycles. The summed E-state index contributed by atoms with van der Waals surface area (Å²) >= 11 is 0. The van der Waals surface area contributed by atoms with E-state index in [4.69, 9.17) is 15.0 Å². The highest BCUT2D eigenvalue weighted by Crippen LogP contribution is 2.30. The molecule has 0 saturated heterocycles. The van der Waals surface area contributed by atoms with Crippen LogP contribution in [0, 0.1) is 0 Å². The average Bonchev–Trinajstić information content (AvgIpc) is 2.45. The van der Waals surface area contributed by atoms with E-state index in [0.717, 1.165) is 0 Å². The van der Waals surface area contributed by atoms with Gasteiger partial charge in [0.2, 0.25) is 20.0 Å². The number of primary sulfonamides is 2. The van der Waals surface area contributed by atoms with Crippen molar-refractivity contribution in [2.45, 2.75) is 9.79 Å². The molecule has 0 spiro atoms. The van der Waals surface area contributed by atoms with Gasteiger partial charge in [-0.2, -0.15) is 0 Å². The molecule has 0 aromatic heterocycles. The number of ether oxygens (including phenoxy) is 1. The van der Waals surface area contributed by atoms with Gasteiger partial charge in [0.1, 0.15) is 5.75 Å². The predicted molar refractivity (Wildman–Crippen MR) is 81.2 cm³/mol. The molecular formula is C13H14N2O5S2. The Balaban J connectivity index is 2.62. The van der Waals surface area contributed by atoms with Crippen LogP contribution < -0.4 is 15.0 Å². The van der Waals surface area contributed by atoms with Crippen molar-refractivity contribution in [3.05, 3.63) is 42.5 Å². The summed E-state index contributed by atoms with van der Waals surface area (Å²) in [6, 6.07) is 9.91. The van der Waals surface area contributed by atoms with Crippen molar-refractivity contribution in [3.63, 3.8) is 0 Å². The van der Waals surface area contributed by atoms with E-state index in [1.807, 2.05) is 0 Å². The lowest BCUT2D eigenvalue weighted by atomic mass is 10.1. The van der Waals surface area contributed by atoms with Gasteiger partial charge in [-0.15, -0.1) is 0 Å². The summed E-state index contributed by atoms with van der Waals surface area (Å²) in [7, 11) is -6.38. The molecule has 7 nitrogen and oxygen atoms in total. The van der Waals surface area contributed by atoms with Gasteiger partial charge in [-0.05, 0) is 29.8 Å². The molecule has 2 rings (SSSR count). The second-order valence-corrected chi connectivity index (χ2v) is 7.57. The maximum Gasteiger partial charge on any atom is 0.238 e. The first-order valence-corrected chi connectivity index (χ1v) is 9.06. The first-order chi connectivity index (χ1) is 10.1. The van der Waals surface area contributed by atoms with Crippen LogP contribution in [0.3, 0.4) is 0 Å². The fourth-order valence-electron chi connectivity index (χ4n) is 1.93. The van der Waals surface area contributed by atoms with Gasteiger partial charge in [0.15, 0.2) is 0 Å². The van der Waals surface area contributed by atoms with Crippen LogP contribution in [0.5, 0.6) is 5.75 Å². The van der Waals surface area contributed by atoms with Crippen LogP contribution in [0.4, 0.5) is 0 Å². The Morgan fingerprint density at radius 3 is 1.91 bits per heavy atom. The lowest BCUT2D eigenvalue weighted by Gasteiger charge is -2.10. The Bertz CT molecular complexity index is 904. The fourth-order valence-corrected chi connectivity index (χ4v) is 3.22. The van der Waals surface area contributed by atoms with Gasteiger partial charge in [-0.1, -0.05) is 12.1 Å². The first-order valence-electron chi connectivity index (χ1n) is 5.97. The standard InChI is InChI=1S/C13H14N2O5S2/c1-20-10-4-7-12(13(8-10)22(15,18)19)9-2-5-11(6-3-9)21(14,16)17/h2-8H,1H3,(H2,14,16,17)(H2,15,18,19). The summed E-state index contributed by atoms with van der Waals surface area (Å²) in [4.78, 5) is -0.183. The van der Waals surface area contributed by atoms with Crippen molar-refractivity contribution in [3.8, 4) is 16.9 Å². The molecule has 0 atom stereocenters. The minimum atomic E-state index is -3.98. The average molecular weight is 342 g/mol.